The Morgan fingerprint density at radius 2 is 2.14 bits per heavy atom. The summed E-state index contributed by atoms with van der Waals surface area (Å²) in [4.78, 5) is 4.54. The second kappa shape index (κ2) is 4.60. The predicted octanol–water partition coefficient (Wildman–Crippen LogP) is 5.32. The molecule has 0 N–H and O–H groups in total. The Bertz CT molecular complexity index is 715. The van der Waals surface area contributed by atoms with Gasteiger partial charge in [-0.05, 0) is 50.0 Å². The Kier molecular flexibility index (Phi) is 3.03. The van der Waals surface area contributed by atoms with E-state index in [9.17, 15) is 4.39 Å². The molecule has 0 amide bonds. The van der Waals surface area contributed by atoms with Crippen molar-refractivity contribution < 1.29 is 4.39 Å². The molecule has 2 aliphatic carbocycles. The molecule has 0 spiro atoms. The van der Waals surface area contributed by atoms with Gasteiger partial charge < -0.3 is 4.57 Å². The molecule has 2 aliphatic rings. The number of hydrogen-bond acceptors (Lipinski definition) is 1. The Balaban J connectivity index is 1.84. The van der Waals surface area contributed by atoms with Crippen LogP contribution in [0.25, 0.3) is 11.0 Å². The van der Waals surface area contributed by atoms with Gasteiger partial charge in [-0.2, -0.15) is 0 Å². The molecule has 112 valence electrons. The highest BCUT2D eigenvalue weighted by atomic mass is 35.5. The van der Waals surface area contributed by atoms with Crippen molar-refractivity contribution in [2.24, 2.45) is 11.3 Å². The SMILES string of the molecule is CC(Cl)c1nc2cc(F)c(Cl)cc2n1CC1(C2CC2)CC1. The summed E-state index contributed by atoms with van der Waals surface area (Å²) < 4.78 is 15.8. The van der Waals surface area contributed by atoms with Crippen LogP contribution in [0.1, 0.15) is 43.8 Å². The summed E-state index contributed by atoms with van der Waals surface area (Å²) in [6, 6.07) is 3.10. The highest BCUT2D eigenvalue weighted by molar-refractivity contribution is 6.31. The lowest BCUT2D eigenvalue weighted by Gasteiger charge is -2.18. The zero-order valence-electron chi connectivity index (χ0n) is 11.9. The molecule has 1 aromatic carbocycles. The van der Waals surface area contributed by atoms with Gasteiger partial charge in [0.15, 0.2) is 0 Å². The summed E-state index contributed by atoms with van der Waals surface area (Å²) in [5.41, 5.74) is 1.97. The van der Waals surface area contributed by atoms with Gasteiger partial charge in [0.05, 0.1) is 21.4 Å². The van der Waals surface area contributed by atoms with Gasteiger partial charge in [0.2, 0.25) is 0 Å². The van der Waals surface area contributed by atoms with Crippen molar-refractivity contribution in [2.45, 2.75) is 44.5 Å². The van der Waals surface area contributed by atoms with Crippen LogP contribution < -0.4 is 0 Å². The third-order valence-corrected chi connectivity index (χ3v) is 5.47. The molecular formula is C16H17Cl2FN2. The molecule has 5 heteroatoms. The fraction of sp³-hybridized carbons (Fsp3) is 0.562. The quantitative estimate of drug-likeness (QED) is 0.695. The van der Waals surface area contributed by atoms with Crippen LogP contribution in [0.3, 0.4) is 0 Å². The highest BCUT2D eigenvalue weighted by Gasteiger charge is 2.54. The first kappa shape index (κ1) is 13.8. The van der Waals surface area contributed by atoms with Crippen LogP contribution in [0.15, 0.2) is 12.1 Å². The standard InChI is InChI=1S/C16H17Cl2FN2/c1-9(17)15-20-13-7-12(19)11(18)6-14(13)21(15)8-16(4-5-16)10-2-3-10/h6-7,9-10H,2-5,8H2,1H3. The zero-order valence-corrected chi connectivity index (χ0v) is 13.4. The molecule has 1 heterocycles. The van der Waals surface area contributed by atoms with Gasteiger partial charge in [0.1, 0.15) is 11.6 Å². The minimum Gasteiger partial charge on any atom is -0.326 e. The molecule has 1 unspecified atom stereocenters. The molecule has 21 heavy (non-hydrogen) atoms. The monoisotopic (exact) mass is 326 g/mol. The molecule has 2 fully saturated rings. The number of imidazole rings is 1. The number of aromatic nitrogens is 2. The number of halogens is 3. The van der Waals surface area contributed by atoms with Crippen molar-refractivity contribution in [3.05, 3.63) is 28.8 Å². The summed E-state index contributed by atoms with van der Waals surface area (Å²) in [6.07, 6.45) is 5.24. The van der Waals surface area contributed by atoms with E-state index in [4.69, 9.17) is 23.2 Å². The lowest BCUT2D eigenvalue weighted by Crippen LogP contribution is -2.16. The van der Waals surface area contributed by atoms with Crippen molar-refractivity contribution >= 4 is 34.2 Å². The van der Waals surface area contributed by atoms with Crippen LogP contribution in [0.4, 0.5) is 4.39 Å². The van der Waals surface area contributed by atoms with E-state index in [0.29, 0.717) is 10.9 Å². The van der Waals surface area contributed by atoms with E-state index >= 15 is 0 Å². The Morgan fingerprint density at radius 3 is 2.71 bits per heavy atom. The predicted molar refractivity (Wildman–Crippen MR) is 83.4 cm³/mol. The van der Waals surface area contributed by atoms with E-state index in [0.717, 1.165) is 23.8 Å². The van der Waals surface area contributed by atoms with Crippen LogP contribution in [0.2, 0.25) is 5.02 Å². The van der Waals surface area contributed by atoms with E-state index in [1.807, 2.05) is 6.92 Å². The van der Waals surface area contributed by atoms with Crippen LogP contribution in [0.5, 0.6) is 0 Å². The first-order chi connectivity index (χ1) is 10.00. The van der Waals surface area contributed by atoms with Gasteiger partial charge in [-0.1, -0.05) is 11.6 Å². The van der Waals surface area contributed by atoms with Gasteiger partial charge in [-0.15, -0.1) is 11.6 Å². The smallest absolute Gasteiger partial charge is 0.144 e. The van der Waals surface area contributed by atoms with E-state index in [2.05, 4.69) is 9.55 Å². The van der Waals surface area contributed by atoms with Crippen LogP contribution in [-0.4, -0.2) is 9.55 Å². The van der Waals surface area contributed by atoms with Gasteiger partial charge in [0.25, 0.3) is 0 Å². The maximum absolute atomic E-state index is 13.7. The summed E-state index contributed by atoms with van der Waals surface area (Å²) in [5.74, 6) is 1.25. The molecule has 0 bridgehead atoms. The first-order valence-corrected chi connectivity index (χ1v) is 8.31. The number of nitrogens with zero attached hydrogens (tertiary/aromatic N) is 2. The molecule has 0 saturated heterocycles. The van der Waals surface area contributed by atoms with E-state index in [1.165, 1.54) is 31.7 Å². The molecular weight excluding hydrogens is 310 g/mol. The topological polar surface area (TPSA) is 17.8 Å². The van der Waals surface area contributed by atoms with Gasteiger partial charge in [0, 0.05) is 12.6 Å². The molecule has 4 rings (SSSR count). The molecule has 2 aromatic rings. The Hall–Kier alpha value is -0.800. The first-order valence-electron chi connectivity index (χ1n) is 7.49. The van der Waals surface area contributed by atoms with Gasteiger partial charge in [-0.25, -0.2) is 9.37 Å². The molecule has 0 aliphatic heterocycles. The zero-order chi connectivity index (χ0) is 14.8. The normalized spacial score (nSPS) is 21.7. The second-order valence-corrected chi connectivity index (χ2v) is 7.63. The summed E-state index contributed by atoms with van der Waals surface area (Å²) in [7, 11) is 0. The molecule has 2 nitrogen and oxygen atoms in total. The molecule has 1 atom stereocenters. The van der Waals surface area contributed by atoms with Gasteiger partial charge >= 0.3 is 0 Å². The number of hydrogen-bond donors (Lipinski definition) is 0. The highest BCUT2D eigenvalue weighted by Crippen LogP contribution is 2.62. The third-order valence-electron chi connectivity index (χ3n) is 4.98. The minimum atomic E-state index is -0.425. The van der Waals surface area contributed by atoms with Crippen molar-refractivity contribution in [2.75, 3.05) is 0 Å². The minimum absolute atomic E-state index is 0.147. The van der Waals surface area contributed by atoms with Crippen molar-refractivity contribution in [1.29, 1.82) is 0 Å². The number of benzene rings is 1. The second-order valence-electron chi connectivity index (χ2n) is 6.56. The van der Waals surface area contributed by atoms with E-state index in [1.54, 1.807) is 6.07 Å². The molecule has 0 radical (unpaired) electrons. The average Bonchev–Trinajstić information content (AvgIpc) is 3.31. The fourth-order valence-electron chi connectivity index (χ4n) is 3.48. The summed E-state index contributed by atoms with van der Waals surface area (Å²) in [6.45, 7) is 2.84. The van der Waals surface area contributed by atoms with Crippen LogP contribution >= 0.6 is 23.2 Å². The van der Waals surface area contributed by atoms with Crippen molar-refractivity contribution in [1.82, 2.24) is 9.55 Å². The van der Waals surface area contributed by atoms with E-state index in [-0.39, 0.29) is 10.4 Å². The Morgan fingerprint density at radius 1 is 1.43 bits per heavy atom. The largest absolute Gasteiger partial charge is 0.326 e. The van der Waals surface area contributed by atoms with Gasteiger partial charge in [-0.3, -0.25) is 0 Å². The number of rotatable bonds is 4. The summed E-state index contributed by atoms with van der Waals surface area (Å²) in [5, 5.41) is -0.0528. The summed E-state index contributed by atoms with van der Waals surface area (Å²) >= 11 is 12.3. The fourth-order valence-corrected chi connectivity index (χ4v) is 3.80. The Labute approximate surface area is 133 Å². The third kappa shape index (κ3) is 2.25. The van der Waals surface area contributed by atoms with E-state index < -0.39 is 5.82 Å². The maximum Gasteiger partial charge on any atom is 0.144 e. The lowest BCUT2D eigenvalue weighted by atomic mass is 10.0. The number of alkyl halides is 1. The lowest BCUT2D eigenvalue weighted by molar-refractivity contribution is 0.369. The molecule has 1 aromatic heterocycles. The molecule has 2 saturated carbocycles. The average molecular weight is 327 g/mol. The van der Waals surface area contributed by atoms with Crippen LogP contribution in [-0.2, 0) is 6.54 Å². The van der Waals surface area contributed by atoms with Crippen molar-refractivity contribution in [3.63, 3.8) is 0 Å². The van der Waals surface area contributed by atoms with Crippen LogP contribution in [0, 0.1) is 17.2 Å². The number of fused-ring (bicyclic) bond motifs is 1. The van der Waals surface area contributed by atoms with Crippen molar-refractivity contribution in [3.8, 4) is 0 Å². The maximum atomic E-state index is 13.7.